The molecule has 140 valence electrons. The quantitative estimate of drug-likeness (QED) is 0.590. The zero-order valence-electron chi connectivity index (χ0n) is 15.6. The van der Waals surface area contributed by atoms with Gasteiger partial charge in [0.15, 0.2) is 0 Å². The van der Waals surface area contributed by atoms with Crippen molar-refractivity contribution >= 4 is 23.5 Å². The van der Waals surface area contributed by atoms with Gasteiger partial charge in [0, 0.05) is 38.4 Å². The van der Waals surface area contributed by atoms with E-state index in [0.29, 0.717) is 0 Å². The van der Waals surface area contributed by atoms with E-state index >= 15 is 0 Å². The molecular formula is C19H26N4O3. The third-order valence-electron chi connectivity index (χ3n) is 4.76. The minimum atomic E-state index is -0.711. The van der Waals surface area contributed by atoms with Gasteiger partial charge in [0.05, 0.1) is 6.67 Å². The van der Waals surface area contributed by atoms with Gasteiger partial charge in [-0.05, 0) is 30.5 Å². The van der Waals surface area contributed by atoms with Gasteiger partial charge in [-0.3, -0.25) is 19.4 Å². The highest BCUT2D eigenvalue weighted by Crippen LogP contribution is 2.19. The van der Waals surface area contributed by atoms with Crippen molar-refractivity contribution in [2.45, 2.75) is 20.8 Å². The number of aryl methyl sites for hydroxylation is 1. The molecule has 7 nitrogen and oxygen atoms in total. The molecule has 1 aromatic carbocycles. The van der Waals surface area contributed by atoms with Crippen molar-refractivity contribution in [2.24, 2.45) is 5.92 Å². The Hall–Kier alpha value is -2.41. The SMILES string of the molecule is Cc1cccc(N2CCN(CN3C(=O)C(=O)N(CC(C)C)C3=O)CC2)c1. The zero-order valence-corrected chi connectivity index (χ0v) is 15.6. The van der Waals surface area contributed by atoms with Crippen LogP contribution in [0.15, 0.2) is 24.3 Å². The van der Waals surface area contributed by atoms with E-state index in [0.717, 1.165) is 36.0 Å². The molecule has 7 heteroatoms. The van der Waals surface area contributed by atoms with Crippen LogP contribution in [0, 0.1) is 12.8 Å². The summed E-state index contributed by atoms with van der Waals surface area (Å²) in [5.74, 6) is -1.28. The molecule has 0 N–H and O–H groups in total. The zero-order chi connectivity index (χ0) is 18.8. The summed E-state index contributed by atoms with van der Waals surface area (Å²) in [6, 6.07) is 7.89. The maximum absolute atomic E-state index is 12.4. The Balaban J connectivity index is 1.58. The number of piperazine rings is 1. The second-order valence-electron chi connectivity index (χ2n) is 7.41. The maximum atomic E-state index is 12.4. The van der Waals surface area contributed by atoms with Crippen molar-refractivity contribution < 1.29 is 14.4 Å². The molecule has 0 aliphatic carbocycles. The molecule has 4 amide bonds. The minimum absolute atomic E-state index is 0.133. The summed E-state index contributed by atoms with van der Waals surface area (Å²) in [7, 11) is 0. The molecular weight excluding hydrogens is 332 g/mol. The van der Waals surface area contributed by atoms with Crippen molar-refractivity contribution in [2.75, 3.05) is 44.3 Å². The molecule has 0 bridgehead atoms. The van der Waals surface area contributed by atoms with E-state index in [9.17, 15) is 14.4 Å². The van der Waals surface area contributed by atoms with Gasteiger partial charge in [-0.25, -0.2) is 9.69 Å². The molecule has 0 saturated carbocycles. The largest absolute Gasteiger partial charge is 0.369 e. The van der Waals surface area contributed by atoms with Gasteiger partial charge < -0.3 is 4.90 Å². The molecule has 2 aliphatic rings. The molecule has 0 unspecified atom stereocenters. The highest BCUT2D eigenvalue weighted by molar-refractivity contribution is 6.44. The van der Waals surface area contributed by atoms with Gasteiger partial charge in [0.1, 0.15) is 0 Å². The number of carbonyl (C=O) groups excluding carboxylic acids is 3. The number of anilines is 1. The van der Waals surface area contributed by atoms with Crippen LogP contribution in [0.3, 0.4) is 0 Å². The number of hydrogen-bond donors (Lipinski definition) is 0. The van der Waals surface area contributed by atoms with Crippen LogP contribution in [0.5, 0.6) is 0 Å². The van der Waals surface area contributed by atoms with E-state index in [1.54, 1.807) is 0 Å². The third kappa shape index (κ3) is 3.72. The van der Waals surface area contributed by atoms with Gasteiger partial charge in [-0.1, -0.05) is 26.0 Å². The number of imide groups is 2. The Morgan fingerprint density at radius 2 is 1.62 bits per heavy atom. The summed E-state index contributed by atoms with van der Waals surface area (Å²) >= 11 is 0. The van der Waals surface area contributed by atoms with Crippen molar-refractivity contribution in [1.82, 2.24) is 14.7 Å². The highest BCUT2D eigenvalue weighted by atomic mass is 16.2. The normalized spacial score (nSPS) is 19.2. The molecule has 26 heavy (non-hydrogen) atoms. The lowest BCUT2D eigenvalue weighted by molar-refractivity contribution is -0.144. The van der Waals surface area contributed by atoms with E-state index in [2.05, 4.69) is 30.0 Å². The van der Waals surface area contributed by atoms with Crippen molar-refractivity contribution in [3.8, 4) is 0 Å². The van der Waals surface area contributed by atoms with Crippen molar-refractivity contribution in [1.29, 1.82) is 0 Å². The smallest absolute Gasteiger partial charge is 0.335 e. The molecule has 0 atom stereocenters. The van der Waals surface area contributed by atoms with Gasteiger partial charge in [-0.15, -0.1) is 0 Å². The van der Waals surface area contributed by atoms with Gasteiger partial charge in [-0.2, -0.15) is 0 Å². The lowest BCUT2D eigenvalue weighted by Crippen LogP contribution is -2.51. The lowest BCUT2D eigenvalue weighted by atomic mass is 10.2. The fraction of sp³-hybridized carbons (Fsp3) is 0.526. The first-order valence-corrected chi connectivity index (χ1v) is 9.08. The second kappa shape index (κ2) is 7.45. The van der Waals surface area contributed by atoms with E-state index < -0.39 is 17.8 Å². The number of carbonyl (C=O) groups is 3. The monoisotopic (exact) mass is 358 g/mol. The topological polar surface area (TPSA) is 64.2 Å². The van der Waals surface area contributed by atoms with E-state index in [1.807, 2.05) is 24.8 Å². The third-order valence-corrected chi connectivity index (χ3v) is 4.76. The number of nitrogens with zero attached hydrogens (tertiary/aromatic N) is 4. The molecule has 0 aromatic heterocycles. The van der Waals surface area contributed by atoms with Crippen LogP contribution in [0.4, 0.5) is 10.5 Å². The van der Waals surface area contributed by atoms with Crippen molar-refractivity contribution in [3.63, 3.8) is 0 Å². The summed E-state index contributed by atoms with van der Waals surface area (Å²) in [5, 5.41) is 0. The van der Waals surface area contributed by atoms with Gasteiger partial charge in [0.25, 0.3) is 0 Å². The fourth-order valence-corrected chi connectivity index (χ4v) is 3.37. The number of rotatable bonds is 5. The highest BCUT2D eigenvalue weighted by Gasteiger charge is 2.45. The van der Waals surface area contributed by atoms with Crippen LogP contribution in [-0.4, -0.2) is 71.9 Å². The number of urea groups is 1. The Kier molecular flexibility index (Phi) is 5.27. The van der Waals surface area contributed by atoms with E-state index in [1.165, 1.54) is 11.3 Å². The van der Waals surface area contributed by atoms with Crippen LogP contribution in [0.1, 0.15) is 19.4 Å². The molecule has 2 aliphatic heterocycles. The average molecular weight is 358 g/mol. The summed E-state index contributed by atoms with van der Waals surface area (Å²) < 4.78 is 0. The van der Waals surface area contributed by atoms with Crippen molar-refractivity contribution in [3.05, 3.63) is 29.8 Å². The summed E-state index contributed by atoms with van der Waals surface area (Å²) in [6.45, 7) is 9.49. The Morgan fingerprint density at radius 1 is 0.962 bits per heavy atom. The minimum Gasteiger partial charge on any atom is -0.369 e. The molecule has 3 rings (SSSR count). The van der Waals surface area contributed by atoms with E-state index in [4.69, 9.17) is 0 Å². The van der Waals surface area contributed by atoms with Gasteiger partial charge in [0.2, 0.25) is 0 Å². The second-order valence-corrected chi connectivity index (χ2v) is 7.41. The summed E-state index contributed by atoms with van der Waals surface area (Å²) in [5.41, 5.74) is 2.42. The first kappa shape index (κ1) is 18.4. The van der Waals surface area contributed by atoms with Crippen LogP contribution in [0.2, 0.25) is 0 Å². The predicted octanol–water partition coefficient (Wildman–Crippen LogP) is 1.52. The molecule has 2 fully saturated rings. The maximum Gasteiger partial charge on any atom is 0.335 e. The average Bonchev–Trinajstić information content (AvgIpc) is 2.80. The summed E-state index contributed by atoms with van der Waals surface area (Å²) in [6.07, 6.45) is 0. The first-order valence-electron chi connectivity index (χ1n) is 9.08. The van der Waals surface area contributed by atoms with Gasteiger partial charge >= 0.3 is 17.8 Å². The molecule has 0 spiro atoms. The standard InChI is InChI=1S/C19H26N4O3/c1-14(2)12-22-17(24)18(25)23(19(22)26)13-20-7-9-21(10-8-20)16-6-4-5-15(3)11-16/h4-6,11,14H,7-10,12-13H2,1-3H3. The molecule has 0 radical (unpaired) electrons. The Bertz CT molecular complexity index is 710. The first-order chi connectivity index (χ1) is 12.4. The Labute approximate surface area is 154 Å². The summed E-state index contributed by atoms with van der Waals surface area (Å²) in [4.78, 5) is 43.2. The molecule has 2 saturated heterocycles. The van der Waals surface area contributed by atoms with Crippen LogP contribution in [-0.2, 0) is 9.59 Å². The number of benzene rings is 1. The fourth-order valence-electron chi connectivity index (χ4n) is 3.37. The molecule has 2 heterocycles. The van der Waals surface area contributed by atoms with E-state index in [-0.39, 0.29) is 19.1 Å². The number of hydrogen-bond acceptors (Lipinski definition) is 5. The van der Waals surface area contributed by atoms with Crippen LogP contribution < -0.4 is 4.90 Å². The Morgan fingerprint density at radius 3 is 2.23 bits per heavy atom. The molecule has 1 aromatic rings. The van der Waals surface area contributed by atoms with Crippen LogP contribution in [0.25, 0.3) is 0 Å². The van der Waals surface area contributed by atoms with Crippen LogP contribution >= 0.6 is 0 Å². The lowest BCUT2D eigenvalue weighted by Gasteiger charge is -2.37. The predicted molar refractivity (Wildman–Crippen MR) is 98.6 cm³/mol. The number of amides is 4.